The van der Waals surface area contributed by atoms with Crippen molar-refractivity contribution in [2.75, 3.05) is 0 Å². The quantitative estimate of drug-likeness (QED) is 0.654. The molecule has 18 heavy (non-hydrogen) atoms. The molecule has 0 aliphatic carbocycles. The second kappa shape index (κ2) is 5.81. The molecule has 0 aliphatic heterocycles. The average Bonchev–Trinajstić information content (AvgIpc) is 2.64. The van der Waals surface area contributed by atoms with Crippen LogP contribution in [-0.2, 0) is 6.54 Å². The summed E-state index contributed by atoms with van der Waals surface area (Å²) in [5.74, 6) is -0.107. The van der Waals surface area contributed by atoms with E-state index in [1.165, 1.54) is 15.9 Å². The Balaban J connectivity index is 2.30. The predicted octanol–water partition coefficient (Wildman–Crippen LogP) is 4.08. The molecule has 94 valence electrons. The molecule has 0 aliphatic rings. The van der Waals surface area contributed by atoms with Crippen molar-refractivity contribution in [3.8, 4) is 0 Å². The standard InChI is InChI=1S/C11H6Br3NO2S/c12-7-2-1-3-15(11(7)17)5-8(16)6-4-9(13)18-10(6)14/h1-4H,5H2. The highest BCUT2D eigenvalue weighted by Crippen LogP contribution is 2.32. The Hall–Kier alpha value is -0.240. The first-order valence-corrected chi connectivity index (χ1v) is 8.01. The van der Waals surface area contributed by atoms with E-state index >= 15 is 0 Å². The Morgan fingerprint density at radius 1 is 1.33 bits per heavy atom. The number of thiophene rings is 1. The van der Waals surface area contributed by atoms with Gasteiger partial charge in [0.1, 0.15) is 0 Å². The van der Waals surface area contributed by atoms with Crippen molar-refractivity contribution in [2.45, 2.75) is 6.54 Å². The van der Waals surface area contributed by atoms with Gasteiger partial charge in [-0.2, -0.15) is 0 Å². The van der Waals surface area contributed by atoms with Crippen LogP contribution in [0.2, 0.25) is 0 Å². The van der Waals surface area contributed by atoms with Gasteiger partial charge in [-0.1, -0.05) is 0 Å². The van der Waals surface area contributed by atoms with Crippen LogP contribution in [0.4, 0.5) is 0 Å². The van der Waals surface area contributed by atoms with Crippen LogP contribution in [0.5, 0.6) is 0 Å². The number of halogens is 3. The van der Waals surface area contributed by atoms with Crippen LogP contribution >= 0.6 is 59.1 Å². The van der Waals surface area contributed by atoms with Crippen LogP contribution in [0.3, 0.4) is 0 Å². The Labute approximate surface area is 132 Å². The van der Waals surface area contributed by atoms with E-state index in [0.717, 1.165) is 7.57 Å². The van der Waals surface area contributed by atoms with E-state index < -0.39 is 0 Å². The molecule has 0 unspecified atom stereocenters. The maximum Gasteiger partial charge on any atom is 0.265 e. The number of ketones is 1. The zero-order valence-electron chi connectivity index (χ0n) is 8.82. The van der Waals surface area contributed by atoms with Gasteiger partial charge in [0.15, 0.2) is 5.78 Å². The highest BCUT2D eigenvalue weighted by atomic mass is 79.9. The maximum absolute atomic E-state index is 12.1. The molecular weight excluding hydrogens is 450 g/mol. The van der Waals surface area contributed by atoms with Gasteiger partial charge >= 0.3 is 0 Å². The second-order valence-electron chi connectivity index (χ2n) is 3.45. The minimum atomic E-state index is -0.212. The lowest BCUT2D eigenvalue weighted by molar-refractivity contribution is 0.0970. The zero-order chi connectivity index (χ0) is 13.3. The van der Waals surface area contributed by atoms with Crippen molar-refractivity contribution in [2.24, 2.45) is 0 Å². The van der Waals surface area contributed by atoms with E-state index in [9.17, 15) is 9.59 Å². The number of Topliss-reactive ketones (excluding diaryl/α,β-unsaturated/α-hetero) is 1. The number of nitrogens with zero attached hydrogens (tertiary/aromatic N) is 1. The molecule has 0 bridgehead atoms. The van der Waals surface area contributed by atoms with E-state index in [1.807, 2.05) is 0 Å². The summed E-state index contributed by atoms with van der Waals surface area (Å²) in [5.41, 5.74) is 0.370. The molecule has 2 rings (SSSR count). The van der Waals surface area contributed by atoms with Crippen molar-refractivity contribution < 1.29 is 4.79 Å². The zero-order valence-corrected chi connectivity index (χ0v) is 14.4. The molecule has 2 aromatic rings. The predicted molar refractivity (Wildman–Crippen MR) is 82.5 cm³/mol. The van der Waals surface area contributed by atoms with Gasteiger partial charge in [-0.3, -0.25) is 9.59 Å². The summed E-state index contributed by atoms with van der Waals surface area (Å²) >= 11 is 11.2. The number of carbonyl (C=O) groups excluding carboxylic acids is 1. The Morgan fingerprint density at radius 2 is 2.06 bits per heavy atom. The fraction of sp³-hybridized carbons (Fsp3) is 0.0909. The summed E-state index contributed by atoms with van der Waals surface area (Å²) in [6.45, 7) is 0.0278. The van der Waals surface area contributed by atoms with Crippen LogP contribution in [-0.4, -0.2) is 10.4 Å². The molecule has 0 fully saturated rings. The first-order valence-electron chi connectivity index (χ1n) is 4.82. The first kappa shape index (κ1) is 14.2. The fourth-order valence-corrected chi connectivity index (χ4v) is 4.64. The van der Waals surface area contributed by atoms with E-state index in [4.69, 9.17) is 0 Å². The lowest BCUT2D eigenvalue weighted by Gasteiger charge is -2.04. The number of carbonyl (C=O) groups is 1. The van der Waals surface area contributed by atoms with Gasteiger partial charge in [-0.15, -0.1) is 11.3 Å². The number of pyridine rings is 1. The lowest BCUT2D eigenvalue weighted by atomic mass is 10.2. The smallest absolute Gasteiger partial charge is 0.265 e. The average molecular weight is 456 g/mol. The van der Waals surface area contributed by atoms with Gasteiger partial charge in [-0.05, 0) is 66.0 Å². The van der Waals surface area contributed by atoms with Crippen molar-refractivity contribution >= 4 is 64.9 Å². The molecule has 0 spiro atoms. The SMILES string of the molecule is O=C(Cn1cccc(Br)c1=O)c1cc(Br)sc1Br. The van der Waals surface area contributed by atoms with Gasteiger partial charge in [0.2, 0.25) is 0 Å². The topological polar surface area (TPSA) is 39.1 Å². The highest BCUT2D eigenvalue weighted by molar-refractivity contribution is 9.12. The van der Waals surface area contributed by atoms with E-state index in [-0.39, 0.29) is 17.9 Å². The molecular formula is C11H6Br3NO2S. The minimum absolute atomic E-state index is 0.0278. The van der Waals surface area contributed by atoms with Crippen molar-refractivity contribution in [1.82, 2.24) is 4.57 Å². The van der Waals surface area contributed by atoms with Gasteiger partial charge in [0.05, 0.1) is 18.6 Å². The van der Waals surface area contributed by atoms with Crippen LogP contribution in [0.15, 0.2) is 41.2 Å². The Bertz CT molecular complexity index is 663. The fourth-order valence-electron chi connectivity index (χ4n) is 1.40. The molecule has 0 amide bonds. The van der Waals surface area contributed by atoms with Crippen molar-refractivity contribution in [3.05, 3.63) is 52.4 Å². The molecule has 2 heterocycles. The molecule has 0 saturated carbocycles. The number of rotatable bonds is 3. The molecule has 2 aromatic heterocycles. The first-order chi connectivity index (χ1) is 8.49. The lowest BCUT2D eigenvalue weighted by Crippen LogP contribution is -2.23. The van der Waals surface area contributed by atoms with Crippen LogP contribution in [0.1, 0.15) is 10.4 Å². The summed E-state index contributed by atoms with van der Waals surface area (Å²) in [6, 6.07) is 5.12. The molecule has 7 heteroatoms. The summed E-state index contributed by atoms with van der Waals surface area (Å²) in [4.78, 5) is 23.9. The molecule has 0 N–H and O–H groups in total. The summed E-state index contributed by atoms with van der Waals surface area (Å²) < 4.78 is 3.47. The minimum Gasteiger partial charge on any atom is -0.307 e. The van der Waals surface area contributed by atoms with Gasteiger partial charge in [-0.25, -0.2) is 0 Å². The number of aromatic nitrogens is 1. The maximum atomic E-state index is 12.1. The van der Waals surface area contributed by atoms with Crippen LogP contribution < -0.4 is 5.56 Å². The summed E-state index contributed by atoms with van der Waals surface area (Å²) in [6.07, 6.45) is 1.60. The van der Waals surface area contributed by atoms with Gasteiger partial charge < -0.3 is 4.57 Å². The van der Waals surface area contributed by atoms with Gasteiger partial charge in [0.25, 0.3) is 5.56 Å². The summed E-state index contributed by atoms with van der Waals surface area (Å²) in [5, 5.41) is 0. The normalized spacial score (nSPS) is 10.6. The Morgan fingerprint density at radius 3 is 2.67 bits per heavy atom. The molecule has 0 atom stereocenters. The second-order valence-corrected chi connectivity index (χ2v) is 8.05. The van der Waals surface area contributed by atoms with Crippen LogP contribution in [0.25, 0.3) is 0 Å². The Kier molecular flexibility index (Phi) is 4.58. The third kappa shape index (κ3) is 3.01. The molecule has 0 radical (unpaired) electrons. The van der Waals surface area contributed by atoms with Crippen molar-refractivity contribution in [1.29, 1.82) is 0 Å². The number of hydrogen-bond donors (Lipinski definition) is 0. The third-order valence-electron chi connectivity index (χ3n) is 2.24. The van der Waals surface area contributed by atoms with Gasteiger partial charge in [0, 0.05) is 11.8 Å². The van der Waals surface area contributed by atoms with E-state index in [1.54, 1.807) is 24.4 Å². The monoisotopic (exact) mass is 453 g/mol. The molecule has 0 aromatic carbocycles. The van der Waals surface area contributed by atoms with Crippen molar-refractivity contribution in [3.63, 3.8) is 0 Å². The van der Waals surface area contributed by atoms with Crippen LogP contribution in [0, 0.1) is 0 Å². The largest absolute Gasteiger partial charge is 0.307 e. The highest BCUT2D eigenvalue weighted by Gasteiger charge is 2.15. The number of hydrogen-bond acceptors (Lipinski definition) is 3. The van der Waals surface area contributed by atoms with E-state index in [0.29, 0.717) is 10.0 Å². The molecule has 3 nitrogen and oxygen atoms in total. The third-order valence-corrected chi connectivity index (χ3v) is 5.19. The van der Waals surface area contributed by atoms with E-state index in [2.05, 4.69) is 47.8 Å². The molecule has 0 saturated heterocycles. The summed E-state index contributed by atoms with van der Waals surface area (Å²) in [7, 11) is 0.